The number of nitrogens with zero attached hydrogens (tertiary/aromatic N) is 1. The van der Waals surface area contributed by atoms with Crippen LogP contribution in [-0.4, -0.2) is 31.1 Å². The minimum absolute atomic E-state index is 0.125. The van der Waals surface area contributed by atoms with Crippen LogP contribution in [0.15, 0.2) is 47.6 Å². The van der Waals surface area contributed by atoms with Gasteiger partial charge < -0.3 is 9.47 Å². The van der Waals surface area contributed by atoms with Crippen LogP contribution in [0.3, 0.4) is 0 Å². The van der Waals surface area contributed by atoms with Crippen LogP contribution in [-0.2, 0) is 14.3 Å². The second-order valence-electron chi connectivity index (χ2n) is 5.37. The number of nitrogens with one attached hydrogen (secondary N) is 1. The van der Waals surface area contributed by atoms with Crippen LogP contribution in [0.1, 0.15) is 18.9 Å². The van der Waals surface area contributed by atoms with Crippen LogP contribution >= 0.6 is 0 Å². The highest BCUT2D eigenvalue weighted by molar-refractivity contribution is 5.99. The van der Waals surface area contributed by atoms with Gasteiger partial charge in [-0.1, -0.05) is 42.5 Å². The van der Waals surface area contributed by atoms with Crippen molar-refractivity contribution in [3.8, 4) is 0 Å². The van der Waals surface area contributed by atoms with Crippen molar-refractivity contribution in [2.75, 3.05) is 13.2 Å². The number of hydrogen-bond acceptors (Lipinski definition) is 4. The number of hydrazone groups is 1. The molecule has 1 aliphatic rings. The molecular formula is C17H18N2O3. The first-order valence-corrected chi connectivity index (χ1v) is 7.24. The van der Waals surface area contributed by atoms with Gasteiger partial charge in [-0.2, -0.15) is 5.10 Å². The van der Waals surface area contributed by atoms with Gasteiger partial charge in [0.05, 0.1) is 25.8 Å². The molecule has 2 aromatic carbocycles. The number of amides is 1. The highest BCUT2D eigenvalue weighted by Gasteiger charge is 2.33. The fourth-order valence-electron chi connectivity index (χ4n) is 2.53. The first kappa shape index (κ1) is 14.7. The molecule has 0 bridgehead atoms. The highest BCUT2D eigenvalue weighted by Crippen LogP contribution is 2.22. The summed E-state index contributed by atoms with van der Waals surface area (Å²) in [6.45, 7) is 2.79. The summed E-state index contributed by atoms with van der Waals surface area (Å²) in [5, 5.41) is 6.26. The van der Waals surface area contributed by atoms with Crippen molar-refractivity contribution < 1.29 is 14.3 Å². The van der Waals surface area contributed by atoms with Gasteiger partial charge in [-0.15, -0.1) is 0 Å². The minimum Gasteiger partial charge on any atom is -0.347 e. The summed E-state index contributed by atoms with van der Waals surface area (Å²) in [7, 11) is 0. The Balaban J connectivity index is 1.65. The summed E-state index contributed by atoms with van der Waals surface area (Å²) in [5.41, 5.74) is 3.47. The molecule has 0 unspecified atom stereocenters. The predicted molar refractivity (Wildman–Crippen MR) is 84.6 cm³/mol. The van der Waals surface area contributed by atoms with Crippen molar-refractivity contribution in [1.82, 2.24) is 5.43 Å². The molecule has 3 rings (SSSR count). The summed E-state index contributed by atoms with van der Waals surface area (Å²) in [5.74, 6) is -1.07. The number of ether oxygens (including phenoxy) is 2. The molecule has 1 fully saturated rings. The van der Waals surface area contributed by atoms with Crippen LogP contribution in [0.5, 0.6) is 0 Å². The Bertz CT molecular complexity index is 701. The average Bonchev–Trinajstić information content (AvgIpc) is 2.93. The van der Waals surface area contributed by atoms with E-state index in [9.17, 15) is 4.79 Å². The first-order valence-electron chi connectivity index (χ1n) is 7.24. The van der Waals surface area contributed by atoms with Gasteiger partial charge >= 0.3 is 0 Å². The normalized spacial score (nSPS) is 17.1. The molecule has 0 atom stereocenters. The van der Waals surface area contributed by atoms with Gasteiger partial charge in [0.25, 0.3) is 0 Å². The standard InChI is InChI=1S/C17H18N2O3/c1-17(21-9-10-22-17)11-16(20)19-18-12-14-7-4-6-13-5-2-3-8-15(13)14/h2-8,12H,9-11H2,1H3,(H,19,20)/b18-12-. The molecule has 5 nitrogen and oxygen atoms in total. The molecule has 0 spiro atoms. The van der Waals surface area contributed by atoms with Gasteiger partial charge in [0.2, 0.25) is 5.91 Å². The van der Waals surface area contributed by atoms with Crippen molar-refractivity contribution in [1.29, 1.82) is 0 Å². The third-order valence-electron chi connectivity index (χ3n) is 3.60. The van der Waals surface area contributed by atoms with Crippen LogP contribution in [0.4, 0.5) is 0 Å². The van der Waals surface area contributed by atoms with Gasteiger partial charge in [-0.25, -0.2) is 5.43 Å². The lowest BCUT2D eigenvalue weighted by Gasteiger charge is -2.20. The third-order valence-corrected chi connectivity index (χ3v) is 3.60. The van der Waals surface area contributed by atoms with Crippen LogP contribution in [0.2, 0.25) is 0 Å². The molecule has 1 heterocycles. The van der Waals surface area contributed by atoms with E-state index >= 15 is 0 Å². The zero-order valence-corrected chi connectivity index (χ0v) is 12.4. The van der Waals surface area contributed by atoms with E-state index in [2.05, 4.69) is 10.5 Å². The first-order chi connectivity index (χ1) is 10.7. The summed E-state index contributed by atoms with van der Waals surface area (Å²) < 4.78 is 10.8. The Morgan fingerprint density at radius 1 is 1.23 bits per heavy atom. The molecule has 0 radical (unpaired) electrons. The number of hydrogen-bond donors (Lipinski definition) is 1. The van der Waals surface area contributed by atoms with Gasteiger partial charge in [-0.3, -0.25) is 4.79 Å². The number of fused-ring (bicyclic) bond motifs is 1. The highest BCUT2D eigenvalue weighted by atomic mass is 16.7. The molecule has 22 heavy (non-hydrogen) atoms. The number of carbonyl (C=O) groups excluding carboxylic acids is 1. The molecule has 1 aliphatic heterocycles. The zero-order valence-electron chi connectivity index (χ0n) is 12.4. The van der Waals surface area contributed by atoms with E-state index < -0.39 is 5.79 Å². The number of benzene rings is 2. The molecule has 1 saturated heterocycles. The predicted octanol–water partition coefficient (Wildman–Crippen LogP) is 2.44. The summed E-state index contributed by atoms with van der Waals surface area (Å²) in [6.07, 6.45) is 1.78. The summed E-state index contributed by atoms with van der Waals surface area (Å²) >= 11 is 0. The fourth-order valence-corrected chi connectivity index (χ4v) is 2.53. The summed E-state index contributed by atoms with van der Waals surface area (Å²) in [6, 6.07) is 14.0. The van der Waals surface area contributed by atoms with Crippen molar-refractivity contribution in [2.24, 2.45) is 5.10 Å². The van der Waals surface area contributed by atoms with Gasteiger partial charge in [-0.05, 0) is 17.7 Å². The third kappa shape index (κ3) is 3.32. The fraction of sp³-hybridized carbons (Fsp3) is 0.294. The Morgan fingerprint density at radius 3 is 2.77 bits per heavy atom. The second kappa shape index (κ2) is 6.25. The maximum atomic E-state index is 11.9. The van der Waals surface area contributed by atoms with Crippen LogP contribution in [0, 0.1) is 0 Å². The molecule has 0 saturated carbocycles. The lowest BCUT2D eigenvalue weighted by Crippen LogP contribution is -2.33. The second-order valence-corrected chi connectivity index (χ2v) is 5.37. The minimum atomic E-state index is -0.834. The Morgan fingerprint density at radius 2 is 1.95 bits per heavy atom. The van der Waals surface area contributed by atoms with Gasteiger partial charge in [0, 0.05) is 5.56 Å². The quantitative estimate of drug-likeness (QED) is 0.696. The van der Waals surface area contributed by atoms with Crippen molar-refractivity contribution in [3.63, 3.8) is 0 Å². The van der Waals surface area contributed by atoms with E-state index in [1.807, 2.05) is 42.5 Å². The maximum absolute atomic E-state index is 11.9. The molecule has 1 amide bonds. The Kier molecular flexibility index (Phi) is 4.18. The van der Waals surface area contributed by atoms with Crippen LogP contribution in [0.25, 0.3) is 10.8 Å². The molecule has 2 aromatic rings. The molecule has 114 valence electrons. The molecule has 0 aromatic heterocycles. The average molecular weight is 298 g/mol. The lowest BCUT2D eigenvalue weighted by molar-refractivity contribution is -0.159. The van der Waals surface area contributed by atoms with Crippen molar-refractivity contribution in [3.05, 3.63) is 48.0 Å². The van der Waals surface area contributed by atoms with E-state index in [-0.39, 0.29) is 12.3 Å². The monoisotopic (exact) mass is 298 g/mol. The Hall–Kier alpha value is -2.24. The van der Waals surface area contributed by atoms with E-state index in [1.165, 1.54) is 0 Å². The molecule has 1 N–H and O–H groups in total. The SMILES string of the molecule is CC1(CC(=O)N/N=C\c2cccc3ccccc23)OCCO1. The van der Waals surface area contributed by atoms with Crippen molar-refractivity contribution >= 4 is 22.9 Å². The zero-order chi connectivity index (χ0) is 15.4. The lowest BCUT2D eigenvalue weighted by atomic mass is 10.1. The molecular weight excluding hydrogens is 280 g/mol. The van der Waals surface area contributed by atoms with E-state index in [0.29, 0.717) is 13.2 Å². The molecule has 5 heteroatoms. The maximum Gasteiger partial charge on any atom is 0.245 e. The largest absolute Gasteiger partial charge is 0.347 e. The topological polar surface area (TPSA) is 59.9 Å². The molecule has 0 aliphatic carbocycles. The van der Waals surface area contributed by atoms with Crippen molar-refractivity contribution in [2.45, 2.75) is 19.1 Å². The van der Waals surface area contributed by atoms with E-state index in [0.717, 1.165) is 16.3 Å². The van der Waals surface area contributed by atoms with Gasteiger partial charge in [0.1, 0.15) is 0 Å². The van der Waals surface area contributed by atoms with Crippen LogP contribution < -0.4 is 5.43 Å². The Labute approximate surface area is 128 Å². The van der Waals surface area contributed by atoms with E-state index in [4.69, 9.17) is 9.47 Å². The number of rotatable bonds is 4. The number of carbonyl (C=O) groups is 1. The smallest absolute Gasteiger partial charge is 0.245 e. The van der Waals surface area contributed by atoms with Gasteiger partial charge in [0.15, 0.2) is 5.79 Å². The summed E-state index contributed by atoms with van der Waals surface area (Å²) in [4.78, 5) is 11.9. The van der Waals surface area contributed by atoms with E-state index in [1.54, 1.807) is 13.1 Å².